The molecule has 6 heteroatoms. The van der Waals surface area contributed by atoms with Gasteiger partial charge in [0.2, 0.25) is 11.8 Å². The molecule has 1 heterocycles. The molecule has 2 aromatic rings. The molecule has 0 saturated carbocycles. The highest BCUT2D eigenvalue weighted by Gasteiger charge is 2.35. The number of likely N-dealkylation sites (N-methyl/N-ethyl adjacent to an activating group) is 1. The lowest BCUT2D eigenvalue weighted by atomic mass is 10.0. The standard InChI is InChI=1S/C24H31N3O3/c1-26(23(29)21(25)17-19-11-13-20(28)14-12-19)24(30)22-10-6-16-27(22)15-5-9-18-7-3-2-4-8-18/h2-4,7-8,11-14,21-22,28H,5-6,9-10,15-17,25H2,1H3/t21-,22-/m0/s1. The maximum atomic E-state index is 13.0. The van der Waals surface area contributed by atoms with Crippen LogP contribution in [0.5, 0.6) is 5.75 Å². The van der Waals surface area contributed by atoms with Crippen LogP contribution in [0, 0.1) is 0 Å². The van der Waals surface area contributed by atoms with Gasteiger partial charge in [-0.15, -0.1) is 0 Å². The normalized spacial score (nSPS) is 17.6. The molecule has 2 atom stereocenters. The zero-order valence-corrected chi connectivity index (χ0v) is 17.5. The second-order valence-corrected chi connectivity index (χ2v) is 8.00. The molecule has 1 aliphatic heterocycles. The Labute approximate surface area is 178 Å². The fourth-order valence-corrected chi connectivity index (χ4v) is 4.06. The van der Waals surface area contributed by atoms with Crippen molar-refractivity contribution in [3.63, 3.8) is 0 Å². The summed E-state index contributed by atoms with van der Waals surface area (Å²) in [6, 6.07) is 15.9. The Morgan fingerprint density at radius 1 is 1.13 bits per heavy atom. The number of carbonyl (C=O) groups is 2. The first-order valence-electron chi connectivity index (χ1n) is 10.6. The van der Waals surface area contributed by atoms with Crippen molar-refractivity contribution in [2.75, 3.05) is 20.1 Å². The summed E-state index contributed by atoms with van der Waals surface area (Å²) in [6.45, 7) is 1.72. The van der Waals surface area contributed by atoms with Crippen LogP contribution in [0.25, 0.3) is 0 Å². The minimum atomic E-state index is -0.795. The molecule has 0 radical (unpaired) electrons. The molecule has 0 aliphatic carbocycles. The van der Waals surface area contributed by atoms with Gasteiger partial charge in [-0.2, -0.15) is 0 Å². The van der Waals surface area contributed by atoms with Crippen molar-refractivity contribution in [1.82, 2.24) is 9.80 Å². The average Bonchev–Trinajstić information content (AvgIpc) is 3.23. The smallest absolute Gasteiger partial charge is 0.246 e. The molecular formula is C24H31N3O3. The number of imide groups is 1. The molecule has 2 aromatic carbocycles. The van der Waals surface area contributed by atoms with Crippen molar-refractivity contribution < 1.29 is 14.7 Å². The molecule has 1 aliphatic rings. The Morgan fingerprint density at radius 2 is 1.83 bits per heavy atom. The van der Waals surface area contributed by atoms with E-state index in [0.29, 0.717) is 6.42 Å². The molecule has 30 heavy (non-hydrogen) atoms. The van der Waals surface area contributed by atoms with Gasteiger partial charge in [0, 0.05) is 7.05 Å². The van der Waals surface area contributed by atoms with E-state index in [1.807, 2.05) is 18.2 Å². The van der Waals surface area contributed by atoms with Crippen LogP contribution in [0.1, 0.15) is 30.4 Å². The maximum absolute atomic E-state index is 13.0. The van der Waals surface area contributed by atoms with Gasteiger partial charge in [-0.3, -0.25) is 19.4 Å². The monoisotopic (exact) mass is 409 g/mol. The van der Waals surface area contributed by atoms with E-state index < -0.39 is 6.04 Å². The molecule has 0 spiro atoms. The van der Waals surface area contributed by atoms with E-state index in [-0.39, 0.29) is 23.6 Å². The zero-order chi connectivity index (χ0) is 21.5. The van der Waals surface area contributed by atoms with Gasteiger partial charge in [0.05, 0.1) is 12.1 Å². The van der Waals surface area contributed by atoms with Crippen LogP contribution in [0.3, 0.4) is 0 Å². The molecule has 3 rings (SSSR count). The van der Waals surface area contributed by atoms with Crippen molar-refractivity contribution in [2.24, 2.45) is 5.73 Å². The van der Waals surface area contributed by atoms with E-state index >= 15 is 0 Å². The third-order valence-electron chi connectivity index (χ3n) is 5.77. The zero-order valence-electron chi connectivity index (χ0n) is 17.5. The molecule has 3 N–H and O–H groups in total. The van der Waals surface area contributed by atoms with Crippen molar-refractivity contribution in [3.8, 4) is 5.75 Å². The van der Waals surface area contributed by atoms with Gasteiger partial charge in [0.15, 0.2) is 0 Å². The lowest BCUT2D eigenvalue weighted by molar-refractivity contribution is -0.146. The van der Waals surface area contributed by atoms with Crippen molar-refractivity contribution >= 4 is 11.8 Å². The van der Waals surface area contributed by atoms with E-state index in [0.717, 1.165) is 44.3 Å². The topological polar surface area (TPSA) is 86.9 Å². The Balaban J connectivity index is 1.52. The second-order valence-electron chi connectivity index (χ2n) is 8.00. The van der Waals surface area contributed by atoms with Gasteiger partial charge >= 0.3 is 0 Å². The average molecular weight is 410 g/mol. The Kier molecular flexibility index (Phi) is 7.60. The Morgan fingerprint density at radius 3 is 2.53 bits per heavy atom. The van der Waals surface area contributed by atoms with Crippen LogP contribution in [0.2, 0.25) is 0 Å². The summed E-state index contributed by atoms with van der Waals surface area (Å²) in [7, 11) is 1.53. The first-order chi connectivity index (χ1) is 14.5. The first-order valence-corrected chi connectivity index (χ1v) is 10.6. The maximum Gasteiger partial charge on any atom is 0.246 e. The predicted octanol–water partition coefficient (Wildman–Crippen LogP) is 2.34. The van der Waals surface area contributed by atoms with Gasteiger partial charge in [-0.1, -0.05) is 42.5 Å². The summed E-state index contributed by atoms with van der Waals surface area (Å²) < 4.78 is 0. The molecule has 0 aromatic heterocycles. The number of hydrogen-bond donors (Lipinski definition) is 2. The minimum absolute atomic E-state index is 0.166. The summed E-state index contributed by atoms with van der Waals surface area (Å²) in [5.41, 5.74) is 8.23. The number of aryl methyl sites for hydroxylation is 1. The number of phenols is 1. The molecule has 0 bridgehead atoms. The third-order valence-corrected chi connectivity index (χ3v) is 5.77. The number of rotatable bonds is 8. The van der Waals surface area contributed by atoms with Crippen LogP contribution in [0.4, 0.5) is 0 Å². The molecule has 6 nitrogen and oxygen atoms in total. The minimum Gasteiger partial charge on any atom is -0.508 e. The largest absolute Gasteiger partial charge is 0.508 e. The molecule has 1 saturated heterocycles. The number of phenolic OH excluding ortho intramolecular Hbond substituents is 1. The van der Waals surface area contributed by atoms with Gasteiger partial charge in [-0.25, -0.2) is 0 Å². The van der Waals surface area contributed by atoms with Gasteiger partial charge in [0.25, 0.3) is 0 Å². The number of hydrogen-bond acceptors (Lipinski definition) is 5. The van der Waals surface area contributed by atoms with E-state index in [1.54, 1.807) is 24.3 Å². The van der Waals surface area contributed by atoms with E-state index in [1.165, 1.54) is 17.5 Å². The van der Waals surface area contributed by atoms with Gasteiger partial charge < -0.3 is 10.8 Å². The van der Waals surface area contributed by atoms with Crippen LogP contribution >= 0.6 is 0 Å². The summed E-state index contributed by atoms with van der Waals surface area (Å²) >= 11 is 0. The lowest BCUT2D eigenvalue weighted by Gasteiger charge is -2.28. The summed E-state index contributed by atoms with van der Waals surface area (Å²) in [6.07, 6.45) is 4.01. The highest BCUT2D eigenvalue weighted by atomic mass is 16.3. The SMILES string of the molecule is CN(C(=O)[C@@H](N)Cc1ccc(O)cc1)C(=O)[C@@H]1CCCN1CCCc1ccccc1. The fourth-order valence-electron chi connectivity index (χ4n) is 4.06. The van der Waals surface area contributed by atoms with E-state index in [9.17, 15) is 14.7 Å². The fraction of sp³-hybridized carbons (Fsp3) is 0.417. The number of likely N-dealkylation sites (tertiary alicyclic amines) is 1. The lowest BCUT2D eigenvalue weighted by Crippen LogP contribution is -2.51. The number of aromatic hydroxyl groups is 1. The highest BCUT2D eigenvalue weighted by molar-refractivity contribution is 5.99. The molecule has 2 amide bonds. The molecule has 1 fully saturated rings. The van der Waals surface area contributed by atoms with Gasteiger partial charge in [0.1, 0.15) is 5.75 Å². The van der Waals surface area contributed by atoms with Crippen LogP contribution < -0.4 is 5.73 Å². The third kappa shape index (κ3) is 5.68. The van der Waals surface area contributed by atoms with Crippen molar-refractivity contribution in [2.45, 2.75) is 44.2 Å². The summed E-state index contributed by atoms with van der Waals surface area (Å²) in [4.78, 5) is 29.1. The van der Waals surface area contributed by atoms with Crippen LogP contribution in [0.15, 0.2) is 54.6 Å². The number of nitrogens with two attached hydrogens (primary N) is 1. The van der Waals surface area contributed by atoms with Crippen molar-refractivity contribution in [1.29, 1.82) is 0 Å². The van der Waals surface area contributed by atoms with Crippen LogP contribution in [-0.2, 0) is 22.4 Å². The number of nitrogens with zero attached hydrogens (tertiary/aromatic N) is 2. The molecule has 0 unspecified atom stereocenters. The predicted molar refractivity (Wildman–Crippen MR) is 117 cm³/mol. The van der Waals surface area contributed by atoms with E-state index in [4.69, 9.17) is 5.73 Å². The van der Waals surface area contributed by atoms with Gasteiger partial charge in [-0.05, 0) is 68.5 Å². The van der Waals surface area contributed by atoms with E-state index in [2.05, 4.69) is 17.0 Å². The molecular weight excluding hydrogens is 378 g/mol. The van der Waals surface area contributed by atoms with Crippen LogP contribution in [-0.4, -0.2) is 58.9 Å². The number of carbonyl (C=O) groups excluding carboxylic acids is 2. The number of benzene rings is 2. The van der Waals surface area contributed by atoms with Crippen molar-refractivity contribution in [3.05, 3.63) is 65.7 Å². The first kappa shape index (κ1) is 22.0. The summed E-state index contributed by atoms with van der Waals surface area (Å²) in [5.74, 6) is -0.373. The quantitative estimate of drug-likeness (QED) is 0.699. The molecule has 160 valence electrons. The second kappa shape index (κ2) is 10.4. The number of amides is 2. The highest BCUT2D eigenvalue weighted by Crippen LogP contribution is 2.20. The Bertz CT molecular complexity index is 839. The summed E-state index contributed by atoms with van der Waals surface area (Å²) in [5, 5.41) is 9.38. The Hall–Kier alpha value is -2.70.